The van der Waals surface area contributed by atoms with Gasteiger partial charge in [-0.05, 0) is 50.1 Å². The molecule has 140 valence electrons. The monoisotopic (exact) mass is 358 g/mol. The van der Waals surface area contributed by atoms with Gasteiger partial charge in [0.2, 0.25) is 5.88 Å². The number of hydrogen-bond acceptors (Lipinski definition) is 5. The minimum atomic E-state index is -0.116. The van der Waals surface area contributed by atoms with E-state index in [0.717, 1.165) is 5.56 Å². The summed E-state index contributed by atoms with van der Waals surface area (Å²) < 4.78 is 16.2. The molecule has 0 spiro atoms. The van der Waals surface area contributed by atoms with Gasteiger partial charge in [-0.15, -0.1) is 0 Å². The van der Waals surface area contributed by atoms with Crippen molar-refractivity contribution >= 4 is 5.91 Å². The molecule has 0 fully saturated rings. The topological polar surface area (TPSA) is 60.9 Å². The van der Waals surface area contributed by atoms with Crippen molar-refractivity contribution in [1.29, 1.82) is 0 Å². The summed E-state index contributed by atoms with van der Waals surface area (Å²) in [4.78, 5) is 18.6. The standard InChI is InChI=1S/C20H26N2O4/c1-14(2)26-19-16(7-6-11-21-19)20(23)22(3)12-10-15-8-9-17(24-4)18(13-15)25-5/h6-9,11,13-14H,10,12H2,1-5H3. The fourth-order valence-corrected chi connectivity index (χ4v) is 2.51. The zero-order chi connectivity index (χ0) is 19.1. The smallest absolute Gasteiger partial charge is 0.259 e. The number of benzene rings is 1. The summed E-state index contributed by atoms with van der Waals surface area (Å²) in [5.41, 5.74) is 1.53. The molecule has 0 atom stereocenters. The van der Waals surface area contributed by atoms with Crippen LogP contribution < -0.4 is 14.2 Å². The minimum absolute atomic E-state index is 0.0477. The second-order valence-corrected chi connectivity index (χ2v) is 6.19. The highest BCUT2D eigenvalue weighted by Gasteiger charge is 2.18. The summed E-state index contributed by atoms with van der Waals surface area (Å²) in [6.07, 6.45) is 2.27. The van der Waals surface area contributed by atoms with Gasteiger partial charge in [-0.1, -0.05) is 6.07 Å². The molecule has 0 saturated heterocycles. The van der Waals surface area contributed by atoms with Crippen LogP contribution in [0.5, 0.6) is 17.4 Å². The van der Waals surface area contributed by atoms with E-state index in [1.807, 2.05) is 32.0 Å². The summed E-state index contributed by atoms with van der Waals surface area (Å²) in [5.74, 6) is 1.62. The van der Waals surface area contributed by atoms with E-state index in [-0.39, 0.29) is 12.0 Å². The number of amides is 1. The van der Waals surface area contributed by atoms with Crippen molar-refractivity contribution in [3.05, 3.63) is 47.7 Å². The molecule has 6 heteroatoms. The Morgan fingerprint density at radius 3 is 2.54 bits per heavy atom. The molecule has 26 heavy (non-hydrogen) atoms. The van der Waals surface area contributed by atoms with E-state index in [1.165, 1.54) is 0 Å². The van der Waals surface area contributed by atoms with Crippen LogP contribution in [0.3, 0.4) is 0 Å². The summed E-state index contributed by atoms with van der Waals surface area (Å²) in [5, 5.41) is 0. The molecule has 0 aliphatic heterocycles. The third kappa shape index (κ3) is 4.88. The first-order valence-corrected chi connectivity index (χ1v) is 8.54. The summed E-state index contributed by atoms with van der Waals surface area (Å²) in [6, 6.07) is 9.24. The number of nitrogens with zero attached hydrogens (tertiary/aromatic N) is 2. The molecule has 0 N–H and O–H groups in total. The highest BCUT2D eigenvalue weighted by atomic mass is 16.5. The molecule has 0 unspecified atom stereocenters. The second-order valence-electron chi connectivity index (χ2n) is 6.19. The number of likely N-dealkylation sites (N-methyl/N-ethyl adjacent to an activating group) is 1. The van der Waals surface area contributed by atoms with Gasteiger partial charge in [-0.3, -0.25) is 4.79 Å². The molecule has 0 saturated carbocycles. The van der Waals surface area contributed by atoms with Crippen LogP contribution in [0.2, 0.25) is 0 Å². The number of ether oxygens (including phenoxy) is 3. The van der Waals surface area contributed by atoms with Crippen LogP contribution >= 0.6 is 0 Å². The van der Waals surface area contributed by atoms with Crippen molar-refractivity contribution in [3.8, 4) is 17.4 Å². The van der Waals surface area contributed by atoms with Crippen molar-refractivity contribution in [2.24, 2.45) is 0 Å². The van der Waals surface area contributed by atoms with E-state index < -0.39 is 0 Å². The Hall–Kier alpha value is -2.76. The molecule has 0 bridgehead atoms. The lowest BCUT2D eigenvalue weighted by atomic mass is 10.1. The fraction of sp³-hybridized carbons (Fsp3) is 0.400. The number of hydrogen-bond donors (Lipinski definition) is 0. The number of pyridine rings is 1. The zero-order valence-corrected chi connectivity index (χ0v) is 16.0. The molecule has 0 aliphatic rings. The normalized spacial score (nSPS) is 10.5. The quantitative estimate of drug-likeness (QED) is 0.725. The number of carbonyl (C=O) groups is 1. The Labute approximate surface area is 154 Å². The van der Waals surface area contributed by atoms with Crippen LogP contribution in [0.15, 0.2) is 36.5 Å². The molecule has 0 radical (unpaired) electrons. The molecule has 0 aliphatic carbocycles. The SMILES string of the molecule is COc1ccc(CCN(C)C(=O)c2cccnc2OC(C)C)cc1OC. The lowest BCUT2D eigenvalue weighted by Crippen LogP contribution is -2.29. The molecule has 1 aromatic heterocycles. The molecule has 1 heterocycles. The first-order valence-electron chi connectivity index (χ1n) is 8.54. The zero-order valence-electron chi connectivity index (χ0n) is 16.0. The molecule has 2 rings (SSSR count). The Kier molecular flexibility index (Phi) is 6.83. The maximum atomic E-state index is 12.8. The summed E-state index contributed by atoms with van der Waals surface area (Å²) in [6.45, 7) is 4.37. The molecular weight excluding hydrogens is 332 g/mol. The fourth-order valence-electron chi connectivity index (χ4n) is 2.51. The molecule has 2 aromatic rings. The Morgan fingerprint density at radius 2 is 1.88 bits per heavy atom. The second kappa shape index (κ2) is 9.08. The van der Waals surface area contributed by atoms with E-state index >= 15 is 0 Å². The van der Waals surface area contributed by atoms with Gasteiger partial charge in [0.25, 0.3) is 5.91 Å². The van der Waals surface area contributed by atoms with Crippen molar-refractivity contribution in [2.75, 3.05) is 27.8 Å². The van der Waals surface area contributed by atoms with Crippen LogP contribution in [-0.2, 0) is 6.42 Å². The summed E-state index contributed by atoms with van der Waals surface area (Å²) >= 11 is 0. The van der Waals surface area contributed by atoms with Crippen LogP contribution in [0.25, 0.3) is 0 Å². The Morgan fingerprint density at radius 1 is 1.15 bits per heavy atom. The first-order chi connectivity index (χ1) is 12.5. The van der Waals surface area contributed by atoms with Crippen LogP contribution in [-0.4, -0.2) is 49.7 Å². The van der Waals surface area contributed by atoms with Gasteiger partial charge in [0.1, 0.15) is 5.56 Å². The van der Waals surface area contributed by atoms with E-state index in [1.54, 1.807) is 44.5 Å². The number of aromatic nitrogens is 1. The van der Waals surface area contributed by atoms with E-state index in [2.05, 4.69) is 4.98 Å². The molecule has 1 aromatic carbocycles. The Balaban J connectivity index is 2.06. The first kappa shape index (κ1) is 19.6. The van der Waals surface area contributed by atoms with Gasteiger partial charge in [0.15, 0.2) is 11.5 Å². The predicted molar refractivity (Wildman–Crippen MR) is 100 cm³/mol. The largest absolute Gasteiger partial charge is 0.493 e. The maximum Gasteiger partial charge on any atom is 0.259 e. The summed E-state index contributed by atoms with van der Waals surface area (Å²) in [7, 11) is 4.99. The highest BCUT2D eigenvalue weighted by molar-refractivity contribution is 5.96. The number of rotatable bonds is 8. The molecule has 6 nitrogen and oxygen atoms in total. The third-order valence-corrected chi connectivity index (χ3v) is 3.88. The van der Waals surface area contributed by atoms with Gasteiger partial charge in [0, 0.05) is 19.8 Å². The number of methoxy groups -OCH3 is 2. The van der Waals surface area contributed by atoms with Gasteiger partial charge >= 0.3 is 0 Å². The van der Waals surface area contributed by atoms with Crippen molar-refractivity contribution in [1.82, 2.24) is 9.88 Å². The van der Waals surface area contributed by atoms with Crippen molar-refractivity contribution < 1.29 is 19.0 Å². The maximum absolute atomic E-state index is 12.8. The lowest BCUT2D eigenvalue weighted by molar-refractivity contribution is 0.0789. The Bertz CT molecular complexity index is 746. The van der Waals surface area contributed by atoms with E-state index in [9.17, 15) is 4.79 Å². The van der Waals surface area contributed by atoms with Crippen molar-refractivity contribution in [3.63, 3.8) is 0 Å². The molecular formula is C20H26N2O4. The van der Waals surface area contributed by atoms with Crippen LogP contribution in [0, 0.1) is 0 Å². The average molecular weight is 358 g/mol. The van der Waals surface area contributed by atoms with Gasteiger partial charge in [-0.2, -0.15) is 0 Å². The van der Waals surface area contributed by atoms with E-state index in [4.69, 9.17) is 14.2 Å². The van der Waals surface area contributed by atoms with E-state index in [0.29, 0.717) is 35.9 Å². The van der Waals surface area contributed by atoms with Crippen molar-refractivity contribution in [2.45, 2.75) is 26.4 Å². The minimum Gasteiger partial charge on any atom is -0.493 e. The highest BCUT2D eigenvalue weighted by Crippen LogP contribution is 2.27. The van der Waals surface area contributed by atoms with Gasteiger partial charge in [-0.25, -0.2) is 4.98 Å². The van der Waals surface area contributed by atoms with Gasteiger partial charge in [0.05, 0.1) is 20.3 Å². The average Bonchev–Trinajstić information content (AvgIpc) is 2.65. The third-order valence-electron chi connectivity index (χ3n) is 3.88. The van der Waals surface area contributed by atoms with Crippen LogP contribution in [0.4, 0.5) is 0 Å². The van der Waals surface area contributed by atoms with Crippen LogP contribution in [0.1, 0.15) is 29.8 Å². The predicted octanol–water partition coefficient (Wildman–Crippen LogP) is 3.20. The molecule has 1 amide bonds. The number of carbonyl (C=O) groups excluding carboxylic acids is 1. The van der Waals surface area contributed by atoms with Gasteiger partial charge < -0.3 is 19.1 Å². The lowest BCUT2D eigenvalue weighted by Gasteiger charge is -2.19.